The van der Waals surface area contributed by atoms with Gasteiger partial charge in [0.25, 0.3) is 0 Å². The van der Waals surface area contributed by atoms with Crippen molar-refractivity contribution in [3.05, 3.63) is 81.4 Å². The molecule has 2 aromatic carbocycles. The lowest BCUT2D eigenvalue weighted by atomic mass is 9.88. The van der Waals surface area contributed by atoms with Crippen molar-refractivity contribution in [1.82, 2.24) is 0 Å². The van der Waals surface area contributed by atoms with Gasteiger partial charge in [0, 0.05) is 24.1 Å². The Labute approximate surface area is 186 Å². The first-order valence-corrected chi connectivity index (χ1v) is 9.67. The Bertz CT molecular complexity index is 1220. The summed E-state index contributed by atoms with van der Waals surface area (Å²) in [5, 5.41) is 23.0. The van der Waals surface area contributed by atoms with Crippen LogP contribution < -0.4 is 15.7 Å². The zero-order chi connectivity index (χ0) is 24.3. The van der Waals surface area contributed by atoms with E-state index in [0.717, 1.165) is 24.3 Å². The molecule has 0 bridgehead atoms. The molecule has 3 N–H and O–H groups in total. The van der Waals surface area contributed by atoms with Crippen molar-refractivity contribution in [2.45, 2.75) is 25.4 Å². The molecule has 174 valence electrons. The van der Waals surface area contributed by atoms with E-state index in [4.69, 9.17) is 9.15 Å². The molecule has 1 aromatic heterocycles. The van der Waals surface area contributed by atoms with Gasteiger partial charge in [0.1, 0.15) is 11.5 Å². The SMILES string of the molecule is COc1ccc([C@@H](CC(=O)Nc2ccc(C(F)(F)F)cc2)c2c(O)cc(C)oc2=O)cc1O. The number of amides is 1. The fourth-order valence-corrected chi connectivity index (χ4v) is 3.38. The molecule has 1 heterocycles. The summed E-state index contributed by atoms with van der Waals surface area (Å²) in [5.74, 6) is -2.01. The Morgan fingerprint density at radius 2 is 1.76 bits per heavy atom. The van der Waals surface area contributed by atoms with Gasteiger partial charge < -0.3 is 24.7 Å². The van der Waals surface area contributed by atoms with E-state index in [9.17, 15) is 33.0 Å². The number of rotatable bonds is 6. The molecule has 0 aliphatic heterocycles. The normalized spacial score (nSPS) is 12.3. The number of benzene rings is 2. The molecule has 0 saturated carbocycles. The largest absolute Gasteiger partial charge is 0.507 e. The molecular weight excluding hydrogens is 443 g/mol. The summed E-state index contributed by atoms with van der Waals surface area (Å²) >= 11 is 0. The fourth-order valence-electron chi connectivity index (χ4n) is 3.38. The minimum atomic E-state index is -4.51. The molecule has 33 heavy (non-hydrogen) atoms. The van der Waals surface area contributed by atoms with Gasteiger partial charge in [-0.05, 0) is 48.9 Å². The van der Waals surface area contributed by atoms with Crippen molar-refractivity contribution in [3.63, 3.8) is 0 Å². The third-order valence-corrected chi connectivity index (χ3v) is 4.93. The monoisotopic (exact) mass is 463 g/mol. The van der Waals surface area contributed by atoms with Gasteiger partial charge in [-0.2, -0.15) is 13.2 Å². The van der Waals surface area contributed by atoms with Crippen molar-refractivity contribution in [2.24, 2.45) is 0 Å². The van der Waals surface area contributed by atoms with Gasteiger partial charge in [0.2, 0.25) is 5.91 Å². The number of nitrogens with one attached hydrogen (secondary N) is 1. The van der Waals surface area contributed by atoms with Crippen LogP contribution in [-0.2, 0) is 11.0 Å². The maximum atomic E-state index is 12.7. The lowest BCUT2D eigenvalue weighted by molar-refractivity contribution is -0.137. The predicted octanol–water partition coefficient (Wildman–Crippen LogP) is 4.55. The quantitative estimate of drug-likeness (QED) is 0.495. The lowest BCUT2D eigenvalue weighted by Crippen LogP contribution is -2.21. The number of carbonyl (C=O) groups excluding carboxylic acids is 1. The first-order chi connectivity index (χ1) is 15.5. The van der Waals surface area contributed by atoms with Gasteiger partial charge in [0.15, 0.2) is 11.5 Å². The van der Waals surface area contributed by atoms with Crippen LogP contribution in [0.4, 0.5) is 18.9 Å². The second kappa shape index (κ2) is 9.27. The van der Waals surface area contributed by atoms with Crippen LogP contribution in [0.1, 0.15) is 34.8 Å². The van der Waals surface area contributed by atoms with Gasteiger partial charge in [0.05, 0.1) is 18.2 Å². The van der Waals surface area contributed by atoms with Crippen LogP contribution in [0.2, 0.25) is 0 Å². The summed E-state index contributed by atoms with van der Waals surface area (Å²) in [4.78, 5) is 25.2. The summed E-state index contributed by atoms with van der Waals surface area (Å²) in [5.41, 5.74) is -1.51. The maximum Gasteiger partial charge on any atom is 0.416 e. The number of anilines is 1. The van der Waals surface area contributed by atoms with Crippen LogP contribution in [-0.4, -0.2) is 23.2 Å². The molecular formula is C23H20F3NO6. The average molecular weight is 463 g/mol. The van der Waals surface area contributed by atoms with E-state index < -0.39 is 34.9 Å². The molecule has 7 nitrogen and oxygen atoms in total. The Morgan fingerprint density at radius 1 is 1.09 bits per heavy atom. The van der Waals surface area contributed by atoms with Gasteiger partial charge in [-0.15, -0.1) is 0 Å². The fraction of sp³-hybridized carbons (Fsp3) is 0.217. The second-order valence-electron chi connectivity index (χ2n) is 7.25. The average Bonchev–Trinajstić information content (AvgIpc) is 2.72. The second-order valence-corrected chi connectivity index (χ2v) is 7.25. The summed E-state index contributed by atoms with van der Waals surface area (Å²) in [7, 11) is 1.35. The van der Waals surface area contributed by atoms with Crippen molar-refractivity contribution in [1.29, 1.82) is 0 Å². The molecule has 0 radical (unpaired) electrons. The van der Waals surface area contributed by atoms with Crippen LogP contribution >= 0.6 is 0 Å². The summed E-state index contributed by atoms with van der Waals surface area (Å²) in [6.07, 6.45) is -4.89. The number of methoxy groups -OCH3 is 1. The van der Waals surface area contributed by atoms with Crippen LogP contribution in [0, 0.1) is 6.92 Å². The van der Waals surface area contributed by atoms with Crippen LogP contribution in [0.5, 0.6) is 17.2 Å². The van der Waals surface area contributed by atoms with Gasteiger partial charge >= 0.3 is 11.8 Å². The number of hydrogen-bond donors (Lipinski definition) is 3. The zero-order valence-corrected chi connectivity index (χ0v) is 17.6. The van der Waals surface area contributed by atoms with Gasteiger partial charge in [-0.3, -0.25) is 4.79 Å². The Hall–Kier alpha value is -3.95. The van der Waals surface area contributed by atoms with E-state index in [1.807, 2.05) is 0 Å². The molecule has 0 saturated heterocycles. The third kappa shape index (κ3) is 5.46. The van der Waals surface area contributed by atoms with Crippen LogP contribution in [0.15, 0.2) is 57.7 Å². The molecule has 10 heteroatoms. The highest BCUT2D eigenvalue weighted by Crippen LogP contribution is 2.37. The lowest BCUT2D eigenvalue weighted by Gasteiger charge is -2.19. The predicted molar refractivity (Wildman–Crippen MR) is 113 cm³/mol. The maximum absolute atomic E-state index is 12.7. The minimum Gasteiger partial charge on any atom is -0.507 e. The number of phenols is 1. The van der Waals surface area contributed by atoms with Crippen molar-refractivity contribution in [3.8, 4) is 17.2 Å². The number of alkyl halides is 3. The van der Waals surface area contributed by atoms with Crippen LogP contribution in [0.25, 0.3) is 0 Å². The molecule has 0 aliphatic rings. The van der Waals surface area contributed by atoms with Crippen LogP contribution in [0.3, 0.4) is 0 Å². The first-order valence-electron chi connectivity index (χ1n) is 9.67. The standard InChI is InChI=1S/C23H20F3NO6/c1-12-9-18(29)21(22(31)33-12)16(13-3-8-19(32-2)17(28)10-13)11-20(30)27-15-6-4-14(5-7-15)23(24,25)26/h3-10,16,28-29H,11H2,1-2H3,(H,27,30)/t16-/m1/s1. The Balaban J connectivity index is 1.94. The van der Waals surface area contributed by atoms with Crippen molar-refractivity contribution < 1.29 is 37.3 Å². The number of aromatic hydroxyl groups is 2. The summed E-state index contributed by atoms with van der Waals surface area (Å²) in [6.45, 7) is 1.47. The number of hydrogen-bond acceptors (Lipinski definition) is 6. The topological polar surface area (TPSA) is 109 Å². The Kier molecular flexibility index (Phi) is 6.66. The highest BCUT2D eigenvalue weighted by Gasteiger charge is 2.30. The highest BCUT2D eigenvalue weighted by atomic mass is 19.4. The third-order valence-electron chi connectivity index (χ3n) is 4.93. The molecule has 1 atom stereocenters. The van der Waals surface area contributed by atoms with Crippen molar-refractivity contribution in [2.75, 3.05) is 12.4 Å². The van der Waals surface area contributed by atoms with E-state index in [0.29, 0.717) is 5.56 Å². The number of ether oxygens (including phenoxy) is 1. The zero-order valence-electron chi connectivity index (χ0n) is 17.6. The smallest absolute Gasteiger partial charge is 0.416 e. The summed E-state index contributed by atoms with van der Waals surface area (Å²) < 4.78 is 48.3. The minimum absolute atomic E-state index is 0.115. The molecule has 0 unspecified atom stereocenters. The van der Waals surface area contributed by atoms with Gasteiger partial charge in [-0.1, -0.05) is 6.07 Å². The van der Waals surface area contributed by atoms with Gasteiger partial charge in [-0.25, -0.2) is 4.79 Å². The molecule has 0 spiro atoms. The number of phenolic OH excluding ortho intramolecular Hbond substituents is 1. The number of halogens is 3. The highest BCUT2D eigenvalue weighted by molar-refractivity contribution is 5.91. The summed E-state index contributed by atoms with van der Waals surface area (Å²) in [6, 6.07) is 9.31. The molecule has 3 rings (SSSR count). The molecule has 0 aliphatic carbocycles. The number of carbonyl (C=O) groups is 1. The van der Waals surface area contributed by atoms with E-state index in [2.05, 4.69) is 5.32 Å². The molecule has 1 amide bonds. The molecule has 3 aromatic rings. The molecule has 0 fully saturated rings. The van der Waals surface area contributed by atoms with E-state index in [1.54, 1.807) is 0 Å². The van der Waals surface area contributed by atoms with Crippen molar-refractivity contribution >= 4 is 11.6 Å². The number of aryl methyl sites for hydroxylation is 1. The van der Waals surface area contributed by atoms with E-state index in [-0.39, 0.29) is 34.9 Å². The van der Waals surface area contributed by atoms with E-state index >= 15 is 0 Å². The van der Waals surface area contributed by atoms with E-state index in [1.165, 1.54) is 38.3 Å². The Morgan fingerprint density at radius 3 is 2.30 bits per heavy atom. The first kappa shape index (κ1) is 23.7.